The smallest absolute Gasteiger partial charge is 0.174 e. The van der Waals surface area contributed by atoms with E-state index in [1.54, 1.807) is 6.07 Å². The van der Waals surface area contributed by atoms with Crippen LogP contribution in [0.3, 0.4) is 0 Å². The molecule has 1 atom stereocenters. The summed E-state index contributed by atoms with van der Waals surface area (Å²) in [5.41, 5.74) is 4.03. The third-order valence-electron chi connectivity index (χ3n) is 6.45. The zero-order valence-electron chi connectivity index (χ0n) is 21.7. The highest BCUT2D eigenvalue weighted by atomic mass is 16.5. The Bertz CT molecular complexity index is 1320. The average Bonchev–Trinajstić information content (AvgIpc) is 2.78. The van der Waals surface area contributed by atoms with Crippen LogP contribution in [0.2, 0.25) is 0 Å². The molecule has 2 aliphatic rings. The first-order valence-electron chi connectivity index (χ1n) is 12.2. The largest absolute Gasteiger partial charge is 0.507 e. The van der Waals surface area contributed by atoms with Gasteiger partial charge in [0, 0.05) is 11.1 Å². The number of ether oxygens (including phenoxy) is 2. The summed E-state index contributed by atoms with van der Waals surface area (Å²) in [6.07, 6.45) is 7.87. The fourth-order valence-corrected chi connectivity index (χ4v) is 4.49. The molecule has 3 N–H and O–H groups in total. The normalized spacial score (nSPS) is 17.4. The second kappa shape index (κ2) is 9.41. The Morgan fingerprint density at radius 1 is 1.00 bits per heavy atom. The van der Waals surface area contributed by atoms with E-state index in [0.717, 1.165) is 11.1 Å². The third kappa shape index (κ3) is 4.85. The van der Waals surface area contributed by atoms with Gasteiger partial charge in [0.2, 0.25) is 0 Å². The second-order valence-electron chi connectivity index (χ2n) is 10.6. The molecule has 0 aromatic heterocycles. The van der Waals surface area contributed by atoms with Gasteiger partial charge in [0.25, 0.3) is 0 Å². The lowest BCUT2D eigenvalue weighted by Crippen LogP contribution is -2.30. The zero-order chi connectivity index (χ0) is 26.4. The van der Waals surface area contributed by atoms with Crippen molar-refractivity contribution in [2.45, 2.75) is 72.5 Å². The summed E-state index contributed by atoms with van der Waals surface area (Å²) in [5.74, 6) is -0.0441. The highest BCUT2D eigenvalue weighted by molar-refractivity contribution is 6.05. The molecule has 2 heterocycles. The van der Waals surface area contributed by atoms with Crippen LogP contribution in [0.15, 0.2) is 41.5 Å². The molecule has 2 aromatic carbocycles. The molecule has 0 saturated carbocycles. The fourth-order valence-electron chi connectivity index (χ4n) is 4.49. The molecule has 36 heavy (non-hydrogen) atoms. The molecule has 6 nitrogen and oxygen atoms in total. The minimum atomic E-state index is -0.697. The number of allylic oxidation sites excluding steroid dienone is 4. The zero-order valence-corrected chi connectivity index (χ0v) is 21.7. The maximum Gasteiger partial charge on any atom is 0.174 e. The number of rotatable bonds is 5. The Balaban J connectivity index is 1.83. The molecular weight excluding hydrogens is 456 g/mol. The molecule has 0 radical (unpaired) electrons. The standard InChI is InChI=1S/C30H34O6/c1-16(2)7-9-18-13-19(14-23(32)26(18)33)24-15-22(31)25-27(34)20(10-8-17(3)4)28-21(29(25)35-24)11-12-30(5,6)36-28/h7-8,11-14,24,32-34H,9-10,15H2,1-6H3. The van der Waals surface area contributed by atoms with Gasteiger partial charge in [-0.2, -0.15) is 0 Å². The number of Topliss-reactive ketones (excluding diaryl/α,β-unsaturated/α-hetero) is 1. The Hall–Kier alpha value is -3.67. The van der Waals surface area contributed by atoms with Crippen LogP contribution in [0.4, 0.5) is 0 Å². The van der Waals surface area contributed by atoms with Crippen LogP contribution in [-0.2, 0) is 12.8 Å². The highest BCUT2D eigenvalue weighted by Gasteiger charge is 2.38. The number of carbonyl (C=O) groups excluding carboxylic acids is 1. The van der Waals surface area contributed by atoms with Crippen LogP contribution in [0.5, 0.6) is 28.7 Å². The quantitative estimate of drug-likeness (QED) is 0.318. The van der Waals surface area contributed by atoms with E-state index in [-0.39, 0.29) is 40.8 Å². The van der Waals surface area contributed by atoms with Gasteiger partial charge in [-0.05, 0) is 84.2 Å². The van der Waals surface area contributed by atoms with Gasteiger partial charge < -0.3 is 24.8 Å². The lowest BCUT2D eigenvalue weighted by Gasteiger charge is -2.34. The van der Waals surface area contributed by atoms with Gasteiger partial charge in [-0.15, -0.1) is 0 Å². The number of ketones is 1. The number of aromatic hydroxyl groups is 3. The first-order chi connectivity index (χ1) is 16.9. The first kappa shape index (κ1) is 25.4. The lowest BCUT2D eigenvalue weighted by molar-refractivity contribution is 0.0840. The number of benzene rings is 2. The highest BCUT2D eigenvalue weighted by Crippen LogP contribution is 2.51. The van der Waals surface area contributed by atoms with Crippen molar-refractivity contribution in [2.24, 2.45) is 0 Å². The number of phenolic OH excluding ortho intramolecular Hbond substituents is 3. The average molecular weight is 491 g/mol. The van der Waals surface area contributed by atoms with Crippen molar-refractivity contribution in [1.82, 2.24) is 0 Å². The van der Waals surface area contributed by atoms with E-state index < -0.39 is 11.7 Å². The van der Waals surface area contributed by atoms with E-state index in [1.807, 2.05) is 65.8 Å². The van der Waals surface area contributed by atoms with E-state index in [0.29, 0.717) is 40.8 Å². The first-order valence-corrected chi connectivity index (χ1v) is 12.2. The molecule has 2 aliphatic heterocycles. The van der Waals surface area contributed by atoms with Crippen LogP contribution in [0, 0.1) is 0 Å². The summed E-state index contributed by atoms with van der Waals surface area (Å²) in [6.45, 7) is 11.7. The van der Waals surface area contributed by atoms with Gasteiger partial charge >= 0.3 is 0 Å². The minimum absolute atomic E-state index is 0.0101. The molecule has 2 aromatic rings. The molecular formula is C30H34O6. The monoisotopic (exact) mass is 490 g/mol. The molecule has 0 saturated heterocycles. The second-order valence-corrected chi connectivity index (χ2v) is 10.6. The van der Waals surface area contributed by atoms with Gasteiger partial charge in [-0.3, -0.25) is 4.79 Å². The van der Waals surface area contributed by atoms with E-state index >= 15 is 0 Å². The number of fused-ring (bicyclic) bond motifs is 3. The van der Waals surface area contributed by atoms with Crippen molar-refractivity contribution in [1.29, 1.82) is 0 Å². The predicted octanol–water partition coefficient (Wildman–Crippen LogP) is 6.71. The lowest BCUT2D eigenvalue weighted by atomic mass is 9.88. The molecule has 0 aliphatic carbocycles. The van der Waals surface area contributed by atoms with E-state index in [4.69, 9.17) is 9.47 Å². The van der Waals surface area contributed by atoms with Gasteiger partial charge in [-0.1, -0.05) is 23.3 Å². The number of carbonyl (C=O) groups is 1. The maximum atomic E-state index is 13.4. The predicted molar refractivity (Wildman–Crippen MR) is 140 cm³/mol. The molecule has 0 spiro atoms. The number of hydrogen-bond acceptors (Lipinski definition) is 6. The number of hydrogen-bond donors (Lipinski definition) is 3. The van der Waals surface area contributed by atoms with Crippen LogP contribution in [0.1, 0.15) is 86.7 Å². The Morgan fingerprint density at radius 2 is 1.67 bits per heavy atom. The van der Waals surface area contributed by atoms with Crippen molar-refractivity contribution < 1.29 is 29.6 Å². The van der Waals surface area contributed by atoms with Crippen LogP contribution in [-0.4, -0.2) is 26.7 Å². The molecule has 4 rings (SSSR count). The minimum Gasteiger partial charge on any atom is -0.507 e. The summed E-state index contributed by atoms with van der Waals surface area (Å²) in [7, 11) is 0. The SMILES string of the molecule is CC(C)=CCc1cc(C2CC(=O)c3c(O)c(CC=C(C)C)c4c(c3O2)C=CC(C)(C)O4)cc(O)c1O. The summed E-state index contributed by atoms with van der Waals surface area (Å²) in [5, 5.41) is 32.0. The number of phenols is 3. The summed E-state index contributed by atoms with van der Waals surface area (Å²) in [4.78, 5) is 13.4. The molecule has 6 heteroatoms. The van der Waals surface area contributed by atoms with Crippen LogP contribution in [0.25, 0.3) is 6.08 Å². The van der Waals surface area contributed by atoms with Crippen molar-refractivity contribution >= 4 is 11.9 Å². The van der Waals surface area contributed by atoms with Crippen molar-refractivity contribution in [3.8, 4) is 28.7 Å². The summed E-state index contributed by atoms with van der Waals surface area (Å²) >= 11 is 0. The Labute approximate surface area is 212 Å². The van der Waals surface area contributed by atoms with Gasteiger partial charge in [-0.25, -0.2) is 0 Å². The maximum absolute atomic E-state index is 13.4. The van der Waals surface area contributed by atoms with E-state index in [9.17, 15) is 20.1 Å². The van der Waals surface area contributed by atoms with Gasteiger partial charge in [0.15, 0.2) is 17.3 Å². The third-order valence-corrected chi connectivity index (χ3v) is 6.45. The van der Waals surface area contributed by atoms with Gasteiger partial charge in [0.05, 0.1) is 12.0 Å². The molecule has 190 valence electrons. The van der Waals surface area contributed by atoms with Crippen LogP contribution >= 0.6 is 0 Å². The molecule has 0 bridgehead atoms. The van der Waals surface area contributed by atoms with E-state index in [2.05, 4.69) is 0 Å². The summed E-state index contributed by atoms with van der Waals surface area (Å²) < 4.78 is 12.6. The summed E-state index contributed by atoms with van der Waals surface area (Å²) in [6, 6.07) is 3.18. The van der Waals surface area contributed by atoms with Gasteiger partial charge in [0.1, 0.15) is 34.5 Å². The Morgan fingerprint density at radius 3 is 2.33 bits per heavy atom. The Kier molecular flexibility index (Phi) is 6.65. The fraction of sp³-hybridized carbons (Fsp3) is 0.367. The van der Waals surface area contributed by atoms with Crippen LogP contribution < -0.4 is 9.47 Å². The molecule has 0 amide bonds. The topological polar surface area (TPSA) is 96.2 Å². The van der Waals surface area contributed by atoms with E-state index in [1.165, 1.54) is 6.07 Å². The molecule has 0 fully saturated rings. The van der Waals surface area contributed by atoms with Crippen molar-refractivity contribution in [2.75, 3.05) is 0 Å². The molecule has 1 unspecified atom stereocenters. The van der Waals surface area contributed by atoms with Crippen molar-refractivity contribution in [3.05, 3.63) is 69.3 Å². The van der Waals surface area contributed by atoms with Crippen molar-refractivity contribution in [3.63, 3.8) is 0 Å².